The molecule has 0 aliphatic heterocycles. The van der Waals surface area contributed by atoms with Gasteiger partial charge in [-0.2, -0.15) is 0 Å². The lowest BCUT2D eigenvalue weighted by Crippen LogP contribution is -1.99. The van der Waals surface area contributed by atoms with Crippen molar-refractivity contribution in [2.75, 3.05) is 0 Å². The van der Waals surface area contributed by atoms with Crippen molar-refractivity contribution in [2.24, 2.45) is 0 Å². The molecule has 1 aromatic heterocycles. The van der Waals surface area contributed by atoms with Gasteiger partial charge < -0.3 is 0 Å². The maximum Gasteiger partial charge on any atom is 0.129 e. The Kier molecular flexibility index (Phi) is 3.17. The highest BCUT2D eigenvalue weighted by atomic mass is 35.5. The molecule has 0 radical (unpaired) electrons. The van der Waals surface area contributed by atoms with Crippen LogP contribution in [0.1, 0.15) is 5.82 Å². The van der Waals surface area contributed by atoms with Crippen LogP contribution in [0.3, 0.4) is 0 Å². The maximum atomic E-state index is 13.0. The standard InChI is InChI=1S/C14H9Cl2FN2/c15-8-13-18-12-3-1-2-11(16)14(12)19(13)10-6-4-9(17)5-7-10/h1-7H,8H2. The Hall–Kier alpha value is -1.58. The zero-order valence-corrected chi connectivity index (χ0v) is 11.3. The van der Waals surface area contributed by atoms with Crippen molar-refractivity contribution in [1.29, 1.82) is 0 Å². The summed E-state index contributed by atoms with van der Waals surface area (Å²) >= 11 is 12.2. The van der Waals surface area contributed by atoms with Crippen LogP contribution in [0.4, 0.5) is 4.39 Å². The molecule has 1 heterocycles. The van der Waals surface area contributed by atoms with Gasteiger partial charge in [-0.3, -0.25) is 4.57 Å². The monoisotopic (exact) mass is 294 g/mol. The fourth-order valence-electron chi connectivity index (χ4n) is 2.09. The molecule has 0 N–H and O–H groups in total. The van der Waals surface area contributed by atoms with Crippen molar-refractivity contribution >= 4 is 34.2 Å². The van der Waals surface area contributed by atoms with Gasteiger partial charge in [0.05, 0.1) is 21.9 Å². The molecule has 0 unspecified atom stereocenters. The molecule has 96 valence electrons. The Balaban J connectivity index is 2.35. The summed E-state index contributed by atoms with van der Waals surface area (Å²) in [6.45, 7) is 0. The van der Waals surface area contributed by atoms with Crippen molar-refractivity contribution in [3.05, 3.63) is 59.1 Å². The molecule has 3 aromatic rings. The Labute approximate surface area is 119 Å². The zero-order valence-electron chi connectivity index (χ0n) is 9.78. The van der Waals surface area contributed by atoms with Crippen LogP contribution in [-0.2, 0) is 5.88 Å². The molecule has 5 heteroatoms. The summed E-state index contributed by atoms with van der Waals surface area (Å²) in [5.41, 5.74) is 2.34. The minimum absolute atomic E-state index is 0.252. The molecular formula is C14H9Cl2FN2. The average Bonchev–Trinajstić information content (AvgIpc) is 2.80. The first-order valence-corrected chi connectivity index (χ1v) is 6.59. The molecular weight excluding hydrogens is 286 g/mol. The zero-order chi connectivity index (χ0) is 13.4. The van der Waals surface area contributed by atoms with Gasteiger partial charge in [-0.15, -0.1) is 11.6 Å². The van der Waals surface area contributed by atoms with E-state index in [4.69, 9.17) is 23.2 Å². The summed E-state index contributed by atoms with van der Waals surface area (Å²) in [5.74, 6) is 0.644. The maximum absolute atomic E-state index is 13.0. The van der Waals surface area contributed by atoms with Crippen LogP contribution in [0.25, 0.3) is 16.7 Å². The second-order valence-electron chi connectivity index (χ2n) is 4.08. The lowest BCUT2D eigenvalue weighted by atomic mass is 10.2. The van der Waals surface area contributed by atoms with Crippen LogP contribution >= 0.6 is 23.2 Å². The van der Waals surface area contributed by atoms with Gasteiger partial charge in [0.15, 0.2) is 0 Å². The number of fused-ring (bicyclic) bond motifs is 1. The minimum Gasteiger partial charge on any atom is -0.294 e. The quantitative estimate of drug-likeness (QED) is 0.634. The Bertz CT molecular complexity index is 735. The van der Waals surface area contributed by atoms with E-state index in [1.54, 1.807) is 18.2 Å². The number of para-hydroxylation sites is 1. The first-order valence-electron chi connectivity index (χ1n) is 5.68. The number of imidazole rings is 1. The van der Waals surface area contributed by atoms with E-state index in [2.05, 4.69) is 4.98 Å². The predicted molar refractivity (Wildman–Crippen MR) is 75.6 cm³/mol. The molecule has 0 bridgehead atoms. The van der Waals surface area contributed by atoms with Gasteiger partial charge in [0, 0.05) is 5.69 Å². The molecule has 0 spiro atoms. The largest absolute Gasteiger partial charge is 0.294 e. The van der Waals surface area contributed by atoms with E-state index in [0.717, 1.165) is 16.7 Å². The number of halogens is 3. The van der Waals surface area contributed by atoms with Crippen LogP contribution in [0, 0.1) is 5.82 Å². The summed E-state index contributed by atoms with van der Waals surface area (Å²) in [6.07, 6.45) is 0. The third-order valence-electron chi connectivity index (χ3n) is 2.90. The van der Waals surface area contributed by atoms with Crippen molar-refractivity contribution in [3.63, 3.8) is 0 Å². The first kappa shape index (κ1) is 12.5. The minimum atomic E-state index is -0.285. The smallest absolute Gasteiger partial charge is 0.129 e. The molecule has 0 aliphatic rings. The lowest BCUT2D eigenvalue weighted by Gasteiger charge is -2.08. The molecule has 0 saturated carbocycles. The fourth-order valence-corrected chi connectivity index (χ4v) is 2.52. The van der Waals surface area contributed by atoms with Gasteiger partial charge in [-0.1, -0.05) is 17.7 Å². The second kappa shape index (κ2) is 4.83. The Morgan fingerprint density at radius 2 is 1.84 bits per heavy atom. The normalized spacial score (nSPS) is 11.1. The van der Waals surface area contributed by atoms with Crippen molar-refractivity contribution in [3.8, 4) is 5.69 Å². The Morgan fingerprint density at radius 1 is 1.11 bits per heavy atom. The van der Waals surface area contributed by atoms with E-state index in [9.17, 15) is 4.39 Å². The molecule has 0 fully saturated rings. The van der Waals surface area contributed by atoms with E-state index in [0.29, 0.717) is 10.8 Å². The summed E-state index contributed by atoms with van der Waals surface area (Å²) in [6, 6.07) is 11.7. The molecule has 2 nitrogen and oxygen atoms in total. The first-order chi connectivity index (χ1) is 9.20. The molecule has 3 rings (SSSR count). The van der Waals surface area contributed by atoms with E-state index < -0.39 is 0 Å². The molecule has 0 amide bonds. The van der Waals surface area contributed by atoms with Crippen LogP contribution in [0.15, 0.2) is 42.5 Å². The topological polar surface area (TPSA) is 17.8 Å². The van der Waals surface area contributed by atoms with E-state index in [1.165, 1.54) is 12.1 Å². The molecule has 0 saturated heterocycles. The number of benzene rings is 2. The van der Waals surface area contributed by atoms with Crippen LogP contribution in [0.5, 0.6) is 0 Å². The SMILES string of the molecule is Fc1ccc(-n2c(CCl)nc3cccc(Cl)c32)cc1. The highest BCUT2D eigenvalue weighted by molar-refractivity contribution is 6.35. The number of rotatable bonds is 2. The fraction of sp³-hybridized carbons (Fsp3) is 0.0714. The van der Waals surface area contributed by atoms with Gasteiger partial charge in [0.2, 0.25) is 0 Å². The molecule has 0 aliphatic carbocycles. The average molecular weight is 295 g/mol. The summed E-state index contributed by atoms with van der Waals surface area (Å²) in [5, 5.41) is 0.589. The van der Waals surface area contributed by atoms with Gasteiger partial charge in [-0.05, 0) is 36.4 Å². The molecule has 2 aromatic carbocycles. The number of aromatic nitrogens is 2. The van der Waals surface area contributed by atoms with E-state index >= 15 is 0 Å². The summed E-state index contributed by atoms with van der Waals surface area (Å²) in [7, 11) is 0. The van der Waals surface area contributed by atoms with Crippen LogP contribution in [-0.4, -0.2) is 9.55 Å². The number of hydrogen-bond acceptors (Lipinski definition) is 1. The number of nitrogens with zero attached hydrogens (tertiary/aromatic N) is 2. The third-order valence-corrected chi connectivity index (χ3v) is 3.45. The van der Waals surface area contributed by atoms with Crippen LogP contribution in [0.2, 0.25) is 5.02 Å². The van der Waals surface area contributed by atoms with Gasteiger partial charge in [0.1, 0.15) is 11.6 Å². The van der Waals surface area contributed by atoms with Crippen molar-refractivity contribution in [1.82, 2.24) is 9.55 Å². The van der Waals surface area contributed by atoms with E-state index in [1.807, 2.05) is 16.7 Å². The molecule has 0 atom stereocenters. The van der Waals surface area contributed by atoms with Crippen molar-refractivity contribution in [2.45, 2.75) is 5.88 Å². The van der Waals surface area contributed by atoms with Gasteiger partial charge in [0.25, 0.3) is 0 Å². The lowest BCUT2D eigenvalue weighted by molar-refractivity contribution is 0.627. The van der Waals surface area contributed by atoms with Crippen LogP contribution < -0.4 is 0 Å². The highest BCUT2D eigenvalue weighted by Gasteiger charge is 2.14. The predicted octanol–water partition coefficient (Wildman–Crippen LogP) is 4.56. The van der Waals surface area contributed by atoms with Gasteiger partial charge in [-0.25, -0.2) is 9.37 Å². The van der Waals surface area contributed by atoms with E-state index in [-0.39, 0.29) is 11.7 Å². The molecule has 19 heavy (non-hydrogen) atoms. The summed E-state index contributed by atoms with van der Waals surface area (Å²) in [4.78, 5) is 4.44. The number of hydrogen-bond donors (Lipinski definition) is 0. The number of alkyl halides is 1. The van der Waals surface area contributed by atoms with Crippen molar-refractivity contribution < 1.29 is 4.39 Å². The highest BCUT2D eigenvalue weighted by Crippen LogP contribution is 2.28. The Morgan fingerprint density at radius 3 is 2.53 bits per heavy atom. The second-order valence-corrected chi connectivity index (χ2v) is 4.76. The third kappa shape index (κ3) is 2.09. The van der Waals surface area contributed by atoms with Gasteiger partial charge >= 0.3 is 0 Å². The summed E-state index contributed by atoms with van der Waals surface area (Å²) < 4.78 is 14.9.